The molecule has 0 aromatic carbocycles. The lowest BCUT2D eigenvalue weighted by molar-refractivity contribution is -0.145. The van der Waals surface area contributed by atoms with E-state index < -0.39 is 5.54 Å². The van der Waals surface area contributed by atoms with Crippen LogP contribution in [0.3, 0.4) is 0 Å². The molecule has 0 bridgehead atoms. The van der Waals surface area contributed by atoms with E-state index in [0.717, 1.165) is 13.0 Å². The lowest BCUT2D eigenvalue weighted by atomic mass is 9.96. The molecule has 17 heavy (non-hydrogen) atoms. The van der Waals surface area contributed by atoms with Crippen molar-refractivity contribution in [1.82, 2.24) is 9.55 Å². The van der Waals surface area contributed by atoms with E-state index in [-0.39, 0.29) is 5.97 Å². The van der Waals surface area contributed by atoms with Gasteiger partial charge in [-0.05, 0) is 20.3 Å². The Morgan fingerprint density at radius 3 is 2.82 bits per heavy atom. The Labute approximate surface area is 102 Å². The zero-order valence-corrected chi connectivity index (χ0v) is 11.0. The van der Waals surface area contributed by atoms with Gasteiger partial charge in [0, 0.05) is 18.9 Å². The fourth-order valence-electron chi connectivity index (χ4n) is 1.88. The second-order valence-corrected chi connectivity index (χ2v) is 4.24. The second-order valence-electron chi connectivity index (χ2n) is 4.24. The summed E-state index contributed by atoms with van der Waals surface area (Å²) in [5.41, 5.74) is -0.720. The van der Waals surface area contributed by atoms with Crippen molar-refractivity contribution in [3.63, 3.8) is 0 Å². The maximum atomic E-state index is 11.8. The summed E-state index contributed by atoms with van der Waals surface area (Å²) in [7, 11) is 1.41. The van der Waals surface area contributed by atoms with Gasteiger partial charge in [-0.2, -0.15) is 0 Å². The van der Waals surface area contributed by atoms with Gasteiger partial charge in [0.25, 0.3) is 0 Å². The van der Waals surface area contributed by atoms with Gasteiger partial charge in [-0.3, -0.25) is 0 Å². The summed E-state index contributed by atoms with van der Waals surface area (Å²) >= 11 is 0. The molecular weight excluding hydrogens is 218 g/mol. The van der Waals surface area contributed by atoms with Crippen molar-refractivity contribution < 1.29 is 9.53 Å². The SMILES string of the molecule is CCCC(C)(Nc1nccn1CC)C(=O)OC. The Balaban J connectivity index is 2.90. The molecule has 0 amide bonds. The summed E-state index contributed by atoms with van der Waals surface area (Å²) in [6.07, 6.45) is 5.20. The highest BCUT2D eigenvalue weighted by atomic mass is 16.5. The molecule has 0 saturated heterocycles. The largest absolute Gasteiger partial charge is 0.467 e. The minimum Gasteiger partial charge on any atom is -0.467 e. The molecule has 0 spiro atoms. The molecule has 5 nitrogen and oxygen atoms in total. The number of hydrogen-bond acceptors (Lipinski definition) is 4. The van der Waals surface area contributed by atoms with Crippen LogP contribution in [-0.2, 0) is 16.1 Å². The number of ether oxygens (including phenoxy) is 1. The maximum absolute atomic E-state index is 11.8. The lowest BCUT2D eigenvalue weighted by Gasteiger charge is -2.28. The van der Waals surface area contributed by atoms with Gasteiger partial charge in [-0.25, -0.2) is 9.78 Å². The van der Waals surface area contributed by atoms with Gasteiger partial charge in [0.1, 0.15) is 5.54 Å². The number of nitrogens with zero attached hydrogens (tertiary/aromatic N) is 2. The number of carbonyl (C=O) groups is 1. The van der Waals surface area contributed by atoms with Crippen LogP contribution < -0.4 is 5.32 Å². The first-order valence-electron chi connectivity index (χ1n) is 5.95. The summed E-state index contributed by atoms with van der Waals surface area (Å²) in [6.45, 7) is 6.72. The van der Waals surface area contributed by atoms with Gasteiger partial charge >= 0.3 is 5.97 Å². The molecule has 0 saturated carbocycles. The van der Waals surface area contributed by atoms with Crippen LogP contribution in [0, 0.1) is 0 Å². The fraction of sp³-hybridized carbons (Fsp3) is 0.667. The Hall–Kier alpha value is -1.52. The first-order valence-corrected chi connectivity index (χ1v) is 5.95. The molecule has 5 heteroatoms. The van der Waals surface area contributed by atoms with E-state index in [4.69, 9.17) is 4.74 Å². The van der Waals surface area contributed by atoms with Crippen molar-refractivity contribution in [1.29, 1.82) is 0 Å². The highest BCUT2D eigenvalue weighted by Gasteiger charge is 2.34. The van der Waals surface area contributed by atoms with Crippen LogP contribution in [0.1, 0.15) is 33.6 Å². The summed E-state index contributed by atoms with van der Waals surface area (Å²) in [5, 5.41) is 3.18. The molecule has 0 radical (unpaired) electrons. The highest BCUT2D eigenvalue weighted by molar-refractivity contribution is 5.83. The average molecular weight is 239 g/mol. The molecule has 1 N–H and O–H groups in total. The number of esters is 1. The normalized spacial score (nSPS) is 14.1. The molecule has 0 fully saturated rings. The van der Waals surface area contributed by atoms with Gasteiger partial charge in [-0.15, -0.1) is 0 Å². The Kier molecular flexibility index (Phi) is 4.54. The number of hydrogen-bond donors (Lipinski definition) is 1. The molecule has 0 aliphatic heterocycles. The molecule has 1 rings (SSSR count). The van der Waals surface area contributed by atoms with Crippen molar-refractivity contribution in [3.05, 3.63) is 12.4 Å². The van der Waals surface area contributed by atoms with Crippen LogP contribution >= 0.6 is 0 Å². The van der Waals surface area contributed by atoms with Crippen LogP contribution in [0.4, 0.5) is 5.95 Å². The minimum absolute atomic E-state index is 0.259. The van der Waals surface area contributed by atoms with E-state index in [1.165, 1.54) is 7.11 Å². The van der Waals surface area contributed by atoms with E-state index in [1.807, 2.05) is 31.5 Å². The Morgan fingerprint density at radius 2 is 2.29 bits per heavy atom. The van der Waals surface area contributed by atoms with Crippen LogP contribution in [-0.4, -0.2) is 28.2 Å². The molecule has 1 atom stereocenters. The van der Waals surface area contributed by atoms with Gasteiger partial charge in [0.2, 0.25) is 5.95 Å². The average Bonchev–Trinajstić information content (AvgIpc) is 2.75. The fourth-order valence-corrected chi connectivity index (χ4v) is 1.88. The molecule has 1 aromatic heterocycles. The van der Waals surface area contributed by atoms with Crippen LogP contribution in [0.15, 0.2) is 12.4 Å². The lowest BCUT2D eigenvalue weighted by Crippen LogP contribution is -2.45. The molecule has 1 aromatic rings. The predicted molar refractivity (Wildman–Crippen MR) is 66.9 cm³/mol. The summed E-state index contributed by atoms with van der Waals surface area (Å²) in [6, 6.07) is 0. The van der Waals surface area contributed by atoms with E-state index in [9.17, 15) is 4.79 Å². The molecular formula is C12H21N3O2. The summed E-state index contributed by atoms with van der Waals surface area (Å²) < 4.78 is 6.81. The molecule has 1 heterocycles. The standard InChI is InChI=1S/C12H21N3O2/c1-5-7-12(3,10(16)17-4)14-11-13-8-9-15(11)6-2/h8-9H,5-7H2,1-4H3,(H,13,14). The second kappa shape index (κ2) is 5.70. The number of aryl methyl sites for hydroxylation is 1. The first kappa shape index (κ1) is 13.5. The van der Waals surface area contributed by atoms with Crippen molar-refractivity contribution in [2.24, 2.45) is 0 Å². The van der Waals surface area contributed by atoms with Crippen molar-refractivity contribution in [2.75, 3.05) is 12.4 Å². The van der Waals surface area contributed by atoms with Crippen LogP contribution in [0.5, 0.6) is 0 Å². The molecule has 0 aliphatic rings. The maximum Gasteiger partial charge on any atom is 0.331 e. The van der Waals surface area contributed by atoms with E-state index in [2.05, 4.69) is 10.3 Å². The van der Waals surface area contributed by atoms with E-state index >= 15 is 0 Å². The highest BCUT2D eigenvalue weighted by Crippen LogP contribution is 2.20. The number of nitrogens with one attached hydrogen (secondary N) is 1. The van der Waals surface area contributed by atoms with Gasteiger partial charge < -0.3 is 14.6 Å². The molecule has 1 unspecified atom stereocenters. The zero-order valence-electron chi connectivity index (χ0n) is 11.0. The molecule has 0 aliphatic carbocycles. The van der Waals surface area contributed by atoms with Crippen molar-refractivity contribution in [2.45, 2.75) is 45.7 Å². The quantitative estimate of drug-likeness (QED) is 0.772. The van der Waals surface area contributed by atoms with Crippen LogP contribution in [0.25, 0.3) is 0 Å². The first-order chi connectivity index (χ1) is 8.07. The number of carbonyl (C=O) groups excluding carboxylic acids is 1. The van der Waals surface area contributed by atoms with Crippen molar-refractivity contribution in [3.8, 4) is 0 Å². The monoisotopic (exact) mass is 239 g/mol. The van der Waals surface area contributed by atoms with Crippen molar-refractivity contribution >= 4 is 11.9 Å². The third-order valence-electron chi connectivity index (χ3n) is 2.83. The summed E-state index contributed by atoms with van der Waals surface area (Å²) in [5.74, 6) is 0.443. The zero-order chi connectivity index (χ0) is 12.9. The topological polar surface area (TPSA) is 56.2 Å². The Morgan fingerprint density at radius 1 is 1.59 bits per heavy atom. The number of anilines is 1. The minimum atomic E-state index is -0.720. The number of rotatable bonds is 6. The van der Waals surface area contributed by atoms with Gasteiger partial charge in [-0.1, -0.05) is 13.3 Å². The number of methoxy groups -OCH3 is 1. The van der Waals surface area contributed by atoms with Gasteiger partial charge in [0.15, 0.2) is 0 Å². The Bertz CT molecular complexity index is 376. The summed E-state index contributed by atoms with van der Waals surface area (Å²) in [4.78, 5) is 16.0. The number of imidazole rings is 1. The third kappa shape index (κ3) is 2.99. The van der Waals surface area contributed by atoms with E-state index in [1.54, 1.807) is 6.20 Å². The van der Waals surface area contributed by atoms with Gasteiger partial charge in [0.05, 0.1) is 7.11 Å². The van der Waals surface area contributed by atoms with Crippen LogP contribution in [0.2, 0.25) is 0 Å². The third-order valence-corrected chi connectivity index (χ3v) is 2.83. The predicted octanol–water partition coefficient (Wildman–Crippen LogP) is 2.05. The smallest absolute Gasteiger partial charge is 0.331 e. The molecule has 96 valence electrons. The van der Waals surface area contributed by atoms with E-state index in [0.29, 0.717) is 12.4 Å². The number of aromatic nitrogens is 2.